The molecule has 4 rings (SSSR count). The molecule has 28 heavy (non-hydrogen) atoms. The molecule has 0 saturated heterocycles. The van der Waals surface area contributed by atoms with E-state index in [1.165, 1.54) is 22.0 Å². The van der Waals surface area contributed by atoms with Crippen LogP contribution in [0.4, 0.5) is 5.82 Å². The van der Waals surface area contributed by atoms with Gasteiger partial charge in [-0.05, 0) is 25.1 Å². The molecule has 0 bridgehead atoms. The zero-order chi connectivity index (χ0) is 19.8. The Labute approximate surface area is 159 Å². The SMILES string of the molecule is Cc1cc(NC(=O)c2cccc(C#N)c2)n(C2=NC(=O)C3C=NN(C)C3=N2)n1. The van der Waals surface area contributed by atoms with Gasteiger partial charge in [0.25, 0.3) is 17.8 Å². The molecule has 2 aromatic rings. The van der Waals surface area contributed by atoms with Gasteiger partial charge >= 0.3 is 0 Å². The molecule has 10 nitrogen and oxygen atoms in total. The highest BCUT2D eigenvalue weighted by atomic mass is 16.2. The number of hydrazone groups is 1. The summed E-state index contributed by atoms with van der Waals surface area (Å²) in [6, 6.07) is 9.96. The standard InChI is InChI=1S/C18H14N8O2/c1-10-6-14(21-16(27)12-5-3-4-11(7-12)8-19)26(24-10)18-22-15-13(17(28)23-18)9-20-25(15)2/h3-7,9,13H,1-2H3,(H,21,27). The van der Waals surface area contributed by atoms with Gasteiger partial charge in [-0.15, -0.1) is 0 Å². The van der Waals surface area contributed by atoms with Crippen molar-refractivity contribution in [3.05, 3.63) is 47.2 Å². The minimum atomic E-state index is -0.600. The maximum Gasteiger partial charge on any atom is 0.265 e. The van der Waals surface area contributed by atoms with E-state index in [2.05, 4.69) is 25.5 Å². The van der Waals surface area contributed by atoms with Gasteiger partial charge in [0.1, 0.15) is 17.6 Å². The van der Waals surface area contributed by atoms with Crippen molar-refractivity contribution >= 4 is 35.6 Å². The maximum absolute atomic E-state index is 12.6. The fourth-order valence-corrected chi connectivity index (χ4v) is 2.86. The van der Waals surface area contributed by atoms with Gasteiger partial charge < -0.3 is 5.32 Å². The van der Waals surface area contributed by atoms with Crippen LogP contribution in [0.1, 0.15) is 21.6 Å². The summed E-state index contributed by atoms with van der Waals surface area (Å²) in [5, 5.41) is 21.6. The van der Waals surface area contributed by atoms with E-state index in [1.54, 1.807) is 38.2 Å². The van der Waals surface area contributed by atoms with Crippen LogP contribution < -0.4 is 5.32 Å². The van der Waals surface area contributed by atoms with Crippen molar-refractivity contribution in [3.8, 4) is 6.07 Å². The Morgan fingerprint density at radius 2 is 2.11 bits per heavy atom. The van der Waals surface area contributed by atoms with Gasteiger partial charge in [-0.3, -0.25) is 14.6 Å². The number of rotatable bonds is 2. The van der Waals surface area contributed by atoms with Crippen molar-refractivity contribution in [2.45, 2.75) is 6.92 Å². The lowest BCUT2D eigenvalue weighted by Crippen LogP contribution is -2.35. The minimum absolute atomic E-state index is 0.0442. The average Bonchev–Trinajstić information content (AvgIpc) is 3.24. The lowest BCUT2D eigenvalue weighted by Gasteiger charge is -2.17. The second kappa shape index (κ2) is 6.55. The molecule has 2 amide bonds. The molecule has 138 valence electrons. The third-order valence-corrected chi connectivity index (χ3v) is 4.21. The molecule has 1 unspecified atom stereocenters. The van der Waals surface area contributed by atoms with Crippen molar-refractivity contribution in [2.75, 3.05) is 12.4 Å². The highest BCUT2D eigenvalue weighted by Crippen LogP contribution is 2.19. The number of carbonyl (C=O) groups is 2. The molecule has 1 aromatic heterocycles. The number of hydrogen-bond acceptors (Lipinski definition) is 7. The summed E-state index contributed by atoms with van der Waals surface area (Å²) < 4.78 is 1.30. The number of aryl methyl sites for hydroxylation is 1. The van der Waals surface area contributed by atoms with Crippen molar-refractivity contribution in [3.63, 3.8) is 0 Å². The second-order valence-electron chi connectivity index (χ2n) is 6.22. The number of fused-ring (bicyclic) bond motifs is 1. The maximum atomic E-state index is 12.6. The molecule has 0 spiro atoms. The van der Waals surface area contributed by atoms with Crippen LogP contribution in [-0.4, -0.2) is 51.7 Å². The number of carbonyl (C=O) groups excluding carboxylic acids is 2. The van der Waals surface area contributed by atoms with E-state index >= 15 is 0 Å². The summed E-state index contributed by atoms with van der Waals surface area (Å²) in [6.07, 6.45) is 1.49. The molecule has 1 N–H and O–H groups in total. The first kappa shape index (κ1) is 17.3. The van der Waals surface area contributed by atoms with Gasteiger partial charge in [0.05, 0.1) is 17.3 Å². The number of nitriles is 1. The highest BCUT2D eigenvalue weighted by molar-refractivity contribution is 6.24. The predicted molar refractivity (Wildman–Crippen MR) is 101 cm³/mol. The average molecular weight is 374 g/mol. The monoisotopic (exact) mass is 374 g/mol. The van der Waals surface area contributed by atoms with Crippen LogP contribution in [0, 0.1) is 24.2 Å². The summed E-state index contributed by atoms with van der Waals surface area (Å²) in [7, 11) is 1.69. The van der Waals surface area contributed by atoms with Crippen LogP contribution in [-0.2, 0) is 4.79 Å². The third kappa shape index (κ3) is 2.95. The van der Waals surface area contributed by atoms with Crippen molar-refractivity contribution < 1.29 is 9.59 Å². The summed E-state index contributed by atoms with van der Waals surface area (Å²) in [6.45, 7) is 1.74. The smallest absolute Gasteiger partial charge is 0.265 e. The Balaban J connectivity index is 1.66. The minimum Gasteiger partial charge on any atom is -0.306 e. The molecule has 0 saturated carbocycles. The zero-order valence-corrected chi connectivity index (χ0v) is 15.0. The Morgan fingerprint density at radius 3 is 2.89 bits per heavy atom. The van der Waals surface area contributed by atoms with E-state index in [1.807, 2.05) is 6.07 Å². The van der Waals surface area contributed by atoms with E-state index in [0.29, 0.717) is 28.5 Å². The molecule has 0 aliphatic carbocycles. The van der Waals surface area contributed by atoms with Crippen LogP contribution >= 0.6 is 0 Å². The number of nitrogens with zero attached hydrogens (tertiary/aromatic N) is 7. The third-order valence-electron chi connectivity index (χ3n) is 4.21. The van der Waals surface area contributed by atoms with Crippen LogP contribution in [0.3, 0.4) is 0 Å². The summed E-state index contributed by atoms with van der Waals surface area (Å²) in [5.74, 6) is -0.629. The number of anilines is 1. The van der Waals surface area contributed by atoms with Gasteiger partial charge in [0.2, 0.25) is 0 Å². The number of amidine groups is 1. The van der Waals surface area contributed by atoms with Gasteiger partial charge in [-0.1, -0.05) is 6.07 Å². The first-order chi connectivity index (χ1) is 13.5. The fraction of sp³-hybridized carbons (Fsp3) is 0.167. The molecular formula is C18H14N8O2. The van der Waals surface area contributed by atoms with E-state index in [4.69, 9.17) is 5.26 Å². The van der Waals surface area contributed by atoms with Crippen LogP contribution in [0.2, 0.25) is 0 Å². The van der Waals surface area contributed by atoms with Crippen LogP contribution in [0.15, 0.2) is 45.4 Å². The number of aromatic nitrogens is 2. The van der Waals surface area contributed by atoms with Crippen LogP contribution in [0.25, 0.3) is 0 Å². The molecule has 3 heterocycles. The van der Waals surface area contributed by atoms with Crippen molar-refractivity contribution in [1.82, 2.24) is 14.8 Å². The van der Waals surface area contributed by atoms with Gasteiger partial charge in [-0.25, -0.2) is 0 Å². The van der Waals surface area contributed by atoms with Crippen LogP contribution in [0.5, 0.6) is 0 Å². The summed E-state index contributed by atoms with van der Waals surface area (Å²) >= 11 is 0. The van der Waals surface area contributed by atoms with Gasteiger partial charge in [-0.2, -0.15) is 30.1 Å². The Bertz CT molecular complexity index is 1130. The lowest BCUT2D eigenvalue weighted by molar-refractivity contribution is -0.118. The Kier molecular flexibility index (Phi) is 4.04. The molecule has 2 aliphatic heterocycles. The molecule has 0 radical (unpaired) electrons. The molecule has 10 heteroatoms. The fourth-order valence-electron chi connectivity index (χ4n) is 2.86. The Hall–Kier alpha value is -4.13. The summed E-state index contributed by atoms with van der Waals surface area (Å²) in [4.78, 5) is 33.3. The normalized spacial score (nSPS) is 17.7. The van der Waals surface area contributed by atoms with Crippen molar-refractivity contribution in [1.29, 1.82) is 5.26 Å². The quantitative estimate of drug-likeness (QED) is 0.839. The molecule has 0 fully saturated rings. The zero-order valence-electron chi connectivity index (χ0n) is 15.0. The molecule has 2 aliphatic rings. The second-order valence-corrected chi connectivity index (χ2v) is 6.22. The van der Waals surface area contributed by atoms with Gasteiger partial charge in [0.15, 0.2) is 0 Å². The van der Waals surface area contributed by atoms with E-state index in [0.717, 1.165) is 0 Å². The van der Waals surface area contributed by atoms with E-state index < -0.39 is 17.7 Å². The molecular weight excluding hydrogens is 360 g/mol. The summed E-state index contributed by atoms with van der Waals surface area (Å²) in [5.41, 5.74) is 1.30. The highest BCUT2D eigenvalue weighted by Gasteiger charge is 2.35. The largest absolute Gasteiger partial charge is 0.306 e. The number of amides is 2. The molecule has 1 atom stereocenters. The number of aliphatic imine (C=N–C) groups is 2. The molecule has 1 aromatic carbocycles. The van der Waals surface area contributed by atoms with Gasteiger partial charge in [0, 0.05) is 24.9 Å². The topological polar surface area (TPSA) is 128 Å². The number of nitrogens with one attached hydrogen (secondary N) is 1. The lowest BCUT2D eigenvalue weighted by atomic mass is 10.1. The predicted octanol–water partition coefficient (Wildman–Crippen LogP) is 1.01. The number of benzene rings is 1. The van der Waals surface area contributed by atoms with E-state index in [-0.39, 0.29) is 5.96 Å². The first-order valence-electron chi connectivity index (χ1n) is 8.34. The van der Waals surface area contributed by atoms with E-state index in [9.17, 15) is 9.59 Å². The Morgan fingerprint density at radius 1 is 1.29 bits per heavy atom. The number of hydrogen-bond donors (Lipinski definition) is 1. The van der Waals surface area contributed by atoms with Crippen molar-refractivity contribution in [2.24, 2.45) is 21.0 Å². The first-order valence-corrected chi connectivity index (χ1v) is 8.34.